The van der Waals surface area contributed by atoms with Crippen LogP contribution in [0.2, 0.25) is 0 Å². The Bertz CT molecular complexity index is 221. The molecule has 0 aliphatic carbocycles. The standard InChI is InChI=1S/C7H13N3O/c1-3-7(11)4-6-5-10(2)9-8-6/h5,7,11H,3-4H2,1-2H3. The third-order valence-electron chi connectivity index (χ3n) is 1.57. The second kappa shape index (κ2) is 3.48. The van der Waals surface area contributed by atoms with Gasteiger partial charge in [-0.05, 0) is 6.42 Å². The molecule has 0 aliphatic rings. The van der Waals surface area contributed by atoms with Crippen molar-refractivity contribution in [2.45, 2.75) is 25.9 Å². The summed E-state index contributed by atoms with van der Waals surface area (Å²) in [6, 6.07) is 0. The maximum absolute atomic E-state index is 9.24. The molecule has 1 aromatic rings. The molecule has 1 atom stereocenters. The number of aliphatic hydroxyl groups excluding tert-OH is 1. The van der Waals surface area contributed by atoms with E-state index in [0.717, 1.165) is 12.1 Å². The number of hydrogen-bond donors (Lipinski definition) is 1. The second-order valence-electron chi connectivity index (χ2n) is 2.65. The molecule has 4 nitrogen and oxygen atoms in total. The highest BCUT2D eigenvalue weighted by Crippen LogP contribution is 2.00. The van der Waals surface area contributed by atoms with Gasteiger partial charge in [0.2, 0.25) is 0 Å². The van der Waals surface area contributed by atoms with E-state index < -0.39 is 0 Å². The molecule has 0 aromatic carbocycles. The Morgan fingerprint density at radius 3 is 2.91 bits per heavy atom. The molecular weight excluding hydrogens is 142 g/mol. The van der Waals surface area contributed by atoms with Crippen molar-refractivity contribution in [3.05, 3.63) is 11.9 Å². The first-order valence-electron chi connectivity index (χ1n) is 3.75. The van der Waals surface area contributed by atoms with Crippen LogP contribution < -0.4 is 0 Å². The average Bonchev–Trinajstić information content (AvgIpc) is 2.35. The van der Waals surface area contributed by atoms with Crippen molar-refractivity contribution in [2.75, 3.05) is 0 Å². The van der Waals surface area contributed by atoms with Crippen LogP contribution in [0.15, 0.2) is 6.20 Å². The largest absolute Gasteiger partial charge is 0.393 e. The lowest BCUT2D eigenvalue weighted by atomic mass is 10.2. The Hall–Kier alpha value is -0.900. The molecule has 0 aliphatic heterocycles. The van der Waals surface area contributed by atoms with Crippen LogP contribution in [0.1, 0.15) is 19.0 Å². The lowest BCUT2D eigenvalue weighted by Gasteiger charge is -2.02. The summed E-state index contributed by atoms with van der Waals surface area (Å²) in [7, 11) is 1.81. The van der Waals surface area contributed by atoms with Crippen LogP contribution in [0.4, 0.5) is 0 Å². The van der Waals surface area contributed by atoms with Crippen LogP contribution in [0, 0.1) is 0 Å². The van der Waals surface area contributed by atoms with Crippen LogP contribution in [0.3, 0.4) is 0 Å². The first-order valence-corrected chi connectivity index (χ1v) is 3.75. The number of rotatable bonds is 3. The minimum atomic E-state index is -0.285. The third kappa shape index (κ3) is 2.31. The SMILES string of the molecule is CCC(O)Cc1cn(C)nn1. The number of aliphatic hydroxyl groups is 1. The van der Waals surface area contributed by atoms with Crippen LogP contribution in [-0.4, -0.2) is 26.2 Å². The third-order valence-corrected chi connectivity index (χ3v) is 1.57. The zero-order valence-corrected chi connectivity index (χ0v) is 6.86. The van der Waals surface area contributed by atoms with Gasteiger partial charge in [-0.25, -0.2) is 0 Å². The van der Waals surface area contributed by atoms with Crippen LogP contribution >= 0.6 is 0 Å². The molecule has 1 aromatic heterocycles. The predicted molar refractivity (Wildman–Crippen MR) is 41.0 cm³/mol. The van der Waals surface area contributed by atoms with E-state index in [2.05, 4.69) is 10.3 Å². The molecule has 1 rings (SSSR count). The summed E-state index contributed by atoms with van der Waals surface area (Å²) in [6.07, 6.45) is 2.89. The van der Waals surface area contributed by atoms with Crippen molar-refractivity contribution in [1.82, 2.24) is 15.0 Å². The van der Waals surface area contributed by atoms with E-state index in [9.17, 15) is 5.11 Å². The summed E-state index contributed by atoms with van der Waals surface area (Å²) in [5.74, 6) is 0. The number of aryl methyl sites for hydroxylation is 1. The van der Waals surface area contributed by atoms with Gasteiger partial charge in [-0.3, -0.25) is 4.68 Å². The Kier molecular flexibility index (Phi) is 2.59. The Morgan fingerprint density at radius 2 is 2.45 bits per heavy atom. The molecule has 1 N–H and O–H groups in total. The van der Waals surface area contributed by atoms with Gasteiger partial charge < -0.3 is 5.11 Å². The number of nitrogens with zero attached hydrogens (tertiary/aromatic N) is 3. The van der Waals surface area contributed by atoms with Gasteiger partial charge in [0.25, 0.3) is 0 Å². The van der Waals surface area contributed by atoms with Crippen molar-refractivity contribution < 1.29 is 5.11 Å². The van der Waals surface area contributed by atoms with Gasteiger partial charge in [0, 0.05) is 19.7 Å². The topological polar surface area (TPSA) is 50.9 Å². The normalized spacial score (nSPS) is 13.4. The predicted octanol–water partition coefficient (Wildman–Crippen LogP) is 0.128. The zero-order chi connectivity index (χ0) is 8.27. The highest BCUT2D eigenvalue weighted by molar-refractivity contribution is 4.93. The lowest BCUT2D eigenvalue weighted by Crippen LogP contribution is -2.08. The van der Waals surface area contributed by atoms with Gasteiger partial charge in [-0.2, -0.15) is 0 Å². The highest BCUT2D eigenvalue weighted by atomic mass is 16.3. The monoisotopic (exact) mass is 155 g/mol. The molecule has 0 bridgehead atoms. The van der Waals surface area contributed by atoms with E-state index in [1.165, 1.54) is 0 Å². The molecule has 0 amide bonds. The Labute approximate surface area is 65.8 Å². The van der Waals surface area contributed by atoms with Crippen LogP contribution in [0.5, 0.6) is 0 Å². The molecule has 4 heteroatoms. The Morgan fingerprint density at radius 1 is 1.73 bits per heavy atom. The molecule has 0 saturated carbocycles. The molecule has 62 valence electrons. The van der Waals surface area contributed by atoms with E-state index in [-0.39, 0.29) is 6.10 Å². The lowest BCUT2D eigenvalue weighted by molar-refractivity contribution is 0.169. The fraction of sp³-hybridized carbons (Fsp3) is 0.714. The maximum Gasteiger partial charge on any atom is 0.0852 e. The number of aromatic nitrogens is 3. The summed E-state index contributed by atoms with van der Waals surface area (Å²) in [4.78, 5) is 0. The summed E-state index contributed by atoms with van der Waals surface area (Å²) < 4.78 is 1.64. The molecular formula is C7H13N3O. The minimum Gasteiger partial charge on any atom is -0.393 e. The first kappa shape index (κ1) is 8.20. The molecule has 0 radical (unpaired) electrons. The van der Waals surface area contributed by atoms with E-state index >= 15 is 0 Å². The van der Waals surface area contributed by atoms with Gasteiger partial charge in [0.05, 0.1) is 11.8 Å². The molecule has 11 heavy (non-hydrogen) atoms. The molecule has 0 spiro atoms. The maximum atomic E-state index is 9.24. The summed E-state index contributed by atoms with van der Waals surface area (Å²) in [6.45, 7) is 1.95. The van der Waals surface area contributed by atoms with Crippen molar-refractivity contribution in [2.24, 2.45) is 7.05 Å². The van der Waals surface area contributed by atoms with Gasteiger partial charge >= 0.3 is 0 Å². The summed E-state index contributed by atoms with van der Waals surface area (Å²) in [5.41, 5.74) is 0.849. The molecule has 0 fully saturated rings. The van der Waals surface area contributed by atoms with Crippen LogP contribution in [0.25, 0.3) is 0 Å². The van der Waals surface area contributed by atoms with E-state index in [1.807, 2.05) is 20.2 Å². The zero-order valence-electron chi connectivity index (χ0n) is 6.86. The minimum absolute atomic E-state index is 0.285. The molecule has 1 unspecified atom stereocenters. The van der Waals surface area contributed by atoms with Crippen LogP contribution in [-0.2, 0) is 13.5 Å². The van der Waals surface area contributed by atoms with Gasteiger partial charge in [-0.1, -0.05) is 12.1 Å². The van der Waals surface area contributed by atoms with Crippen molar-refractivity contribution in [3.8, 4) is 0 Å². The van der Waals surface area contributed by atoms with E-state index in [1.54, 1.807) is 4.68 Å². The van der Waals surface area contributed by atoms with Crippen molar-refractivity contribution in [3.63, 3.8) is 0 Å². The van der Waals surface area contributed by atoms with Gasteiger partial charge in [-0.15, -0.1) is 5.10 Å². The second-order valence-corrected chi connectivity index (χ2v) is 2.65. The average molecular weight is 155 g/mol. The quantitative estimate of drug-likeness (QED) is 0.675. The number of hydrogen-bond acceptors (Lipinski definition) is 3. The molecule has 1 heterocycles. The van der Waals surface area contributed by atoms with Gasteiger partial charge in [0.15, 0.2) is 0 Å². The smallest absolute Gasteiger partial charge is 0.0852 e. The highest BCUT2D eigenvalue weighted by Gasteiger charge is 2.04. The van der Waals surface area contributed by atoms with Crippen molar-refractivity contribution >= 4 is 0 Å². The summed E-state index contributed by atoms with van der Waals surface area (Å²) in [5, 5.41) is 16.9. The fourth-order valence-corrected chi connectivity index (χ4v) is 0.875. The van der Waals surface area contributed by atoms with Crippen molar-refractivity contribution in [1.29, 1.82) is 0 Å². The van der Waals surface area contributed by atoms with E-state index in [4.69, 9.17) is 0 Å². The molecule has 0 saturated heterocycles. The first-order chi connectivity index (χ1) is 5.22. The Balaban J connectivity index is 2.50. The van der Waals surface area contributed by atoms with E-state index in [0.29, 0.717) is 6.42 Å². The fourth-order valence-electron chi connectivity index (χ4n) is 0.875. The van der Waals surface area contributed by atoms with Gasteiger partial charge in [0.1, 0.15) is 0 Å². The summed E-state index contributed by atoms with van der Waals surface area (Å²) >= 11 is 0.